The van der Waals surface area contributed by atoms with Gasteiger partial charge < -0.3 is 15.1 Å². The second-order valence-corrected chi connectivity index (χ2v) is 7.69. The maximum Gasteiger partial charge on any atom is 0.181 e. The van der Waals surface area contributed by atoms with E-state index in [1.165, 1.54) is 5.56 Å². The van der Waals surface area contributed by atoms with Gasteiger partial charge in [-0.25, -0.2) is 9.97 Å². The Morgan fingerprint density at radius 2 is 1.97 bits per heavy atom. The predicted octanol–water partition coefficient (Wildman–Crippen LogP) is 4.97. The number of nitrogens with two attached hydrogens (primary N) is 1. The summed E-state index contributed by atoms with van der Waals surface area (Å²) in [4.78, 5) is 17.1. The summed E-state index contributed by atoms with van der Waals surface area (Å²) >= 11 is 0. The summed E-state index contributed by atoms with van der Waals surface area (Å²) in [5, 5.41) is 8.33. The van der Waals surface area contributed by atoms with Gasteiger partial charge in [0.2, 0.25) is 0 Å². The van der Waals surface area contributed by atoms with Gasteiger partial charge >= 0.3 is 0 Å². The topological polar surface area (TPSA) is 122 Å². The van der Waals surface area contributed by atoms with Crippen LogP contribution < -0.4 is 5.73 Å². The summed E-state index contributed by atoms with van der Waals surface area (Å²) in [6, 6.07) is 10.1. The molecule has 156 valence electrons. The second kappa shape index (κ2) is 7.05. The molecule has 0 saturated heterocycles. The summed E-state index contributed by atoms with van der Waals surface area (Å²) in [7, 11) is 0. The number of aromatic nitrogens is 6. The minimum absolute atomic E-state index is 0.622. The molecule has 0 aliphatic heterocycles. The van der Waals surface area contributed by atoms with Gasteiger partial charge in [0.15, 0.2) is 11.5 Å². The molecule has 0 amide bonds. The van der Waals surface area contributed by atoms with Gasteiger partial charge in [0, 0.05) is 34.8 Å². The lowest BCUT2D eigenvalue weighted by molar-refractivity contribution is 0.568. The molecule has 0 spiro atoms. The number of anilines is 1. The van der Waals surface area contributed by atoms with E-state index in [1.807, 2.05) is 24.4 Å². The molecule has 0 aliphatic carbocycles. The van der Waals surface area contributed by atoms with E-state index in [0.717, 1.165) is 56.5 Å². The number of fused-ring (bicyclic) bond motifs is 2. The molecule has 5 heterocycles. The number of benzene rings is 1. The van der Waals surface area contributed by atoms with Gasteiger partial charge in [0.1, 0.15) is 11.2 Å². The van der Waals surface area contributed by atoms with Crippen LogP contribution in [0.4, 0.5) is 5.69 Å². The molecule has 0 atom stereocenters. The van der Waals surface area contributed by atoms with E-state index in [-0.39, 0.29) is 0 Å². The number of hydrogen-bond acceptors (Lipinski definition) is 6. The molecule has 8 nitrogen and oxygen atoms in total. The molecule has 0 bridgehead atoms. The molecular formula is C24H19N7O. The minimum Gasteiger partial charge on any atom is -0.472 e. The number of nitrogens with one attached hydrogen (secondary N) is 2. The van der Waals surface area contributed by atoms with Crippen LogP contribution in [0.2, 0.25) is 0 Å². The third-order valence-corrected chi connectivity index (χ3v) is 5.63. The molecule has 4 N–H and O–H groups in total. The zero-order valence-corrected chi connectivity index (χ0v) is 17.3. The largest absolute Gasteiger partial charge is 0.472 e. The Labute approximate surface area is 182 Å². The first-order valence-electron chi connectivity index (χ1n) is 10.3. The highest BCUT2D eigenvalue weighted by Gasteiger charge is 2.16. The van der Waals surface area contributed by atoms with E-state index < -0.39 is 0 Å². The first kappa shape index (κ1) is 18.3. The summed E-state index contributed by atoms with van der Waals surface area (Å²) in [6.07, 6.45) is 9.60. The van der Waals surface area contributed by atoms with Crippen molar-refractivity contribution in [1.82, 2.24) is 30.1 Å². The number of nitrogens with zero attached hydrogens (tertiary/aromatic N) is 4. The molecule has 0 fully saturated rings. The smallest absolute Gasteiger partial charge is 0.181 e. The number of hydrogen-bond donors (Lipinski definition) is 3. The summed E-state index contributed by atoms with van der Waals surface area (Å²) in [6.45, 7) is 2.11. The van der Waals surface area contributed by atoms with Crippen LogP contribution in [0.3, 0.4) is 0 Å². The molecular weight excluding hydrogens is 402 g/mol. The van der Waals surface area contributed by atoms with Crippen LogP contribution in [0.5, 0.6) is 0 Å². The third kappa shape index (κ3) is 2.92. The van der Waals surface area contributed by atoms with Crippen molar-refractivity contribution >= 4 is 27.8 Å². The molecule has 6 aromatic rings. The van der Waals surface area contributed by atoms with Crippen molar-refractivity contribution in [1.29, 1.82) is 0 Å². The van der Waals surface area contributed by atoms with Crippen molar-refractivity contribution in [3.05, 3.63) is 67.0 Å². The number of nitrogen functional groups attached to an aromatic ring is 1. The lowest BCUT2D eigenvalue weighted by Gasteiger charge is -2.06. The highest BCUT2D eigenvalue weighted by atomic mass is 16.3. The van der Waals surface area contributed by atoms with E-state index in [1.54, 1.807) is 24.9 Å². The fraction of sp³-hybridized carbons (Fsp3) is 0.0833. The quantitative estimate of drug-likeness (QED) is 0.346. The van der Waals surface area contributed by atoms with E-state index in [9.17, 15) is 0 Å². The van der Waals surface area contributed by atoms with Crippen LogP contribution in [0.15, 0.2) is 65.9 Å². The van der Waals surface area contributed by atoms with Gasteiger partial charge in [0.25, 0.3) is 0 Å². The van der Waals surface area contributed by atoms with Crippen molar-refractivity contribution in [2.45, 2.75) is 13.3 Å². The molecule has 8 heteroatoms. The summed E-state index contributed by atoms with van der Waals surface area (Å²) in [5.74, 6) is 0.668. The molecule has 0 radical (unpaired) electrons. The molecule has 1 aromatic carbocycles. The van der Waals surface area contributed by atoms with Crippen molar-refractivity contribution in [2.75, 3.05) is 5.73 Å². The number of pyridine rings is 2. The molecule has 6 rings (SSSR count). The van der Waals surface area contributed by atoms with Crippen molar-refractivity contribution in [2.24, 2.45) is 0 Å². The monoisotopic (exact) mass is 421 g/mol. The second-order valence-electron chi connectivity index (χ2n) is 7.69. The maximum atomic E-state index is 6.12. The fourth-order valence-corrected chi connectivity index (χ4v) is 4.01. The number of rotatable bonds is 4. The minimum atomic E-state index is 0.622. The highest BCUT2D eigenvalue weighted by molar-refractivity contribution is 5.96. The Kier molecular flexibility index (Phi) is 4.04. The Morgan fingerprint density at radius 3 is 2.81 bits per heavy atom. The molecule has 32 heavy (non-hydrogen) atoms. The summed E-state index contributed by atoms with van der Waals surface area (Å²) in [5.41, 5.74) is 14.9. The zero-order chi connectivity index (χ0) is 21.7. The first-order chi connectivity index (χ1) is 15.7. The standard InChI is InChI=1S/C24H19N7O/c1-2-13-5-15(7-17(25)6-13)16-8-18-22(30-31-23(18)27-9-16)24-28-20-11-26-10-19(21(20)29-24)14-3-4-32-12-14/h3-12H,2,25H2,1H3,(H,28,29)(H,27,30,31). The fourth-order valence-electron chi connectivity index (χ4n) is 4.01. The van der Waals surface area contributed by atoms with Crippen LogP contribution in [0.1, 0.15) is 12.5 Å². The number of H-pyrrole nitrogens is 2. The van der Waals surface area contributed by atoms with Crippen LogP contribution in [-0.4, -0.2) is 30.1 Å². The van der Waals surface area contributed by atoms with Crippen LogP contribution in [0, 0.1) is 0 Å². The normalized spacial score (nSPS) is 11.5. The van der Waals surface area contributed by atoms with Crippen molar-refractivity contribution in [3.63, 3.8) is 0 Å². The Bertz CT molecular complexity index is 1580. The number of imidazole rings is 1. The van der Waals surface area contributed by atoms with E-state index in [0.29, 0.717) is 11.5 Å². The average molecular weight is 421 g/mol. The number of aryl methyl sites for hydroxylation is 1. The average Bonchev–Trinajstić information content (AvgIpc) is 3.56. The van der Waals surface area contributed by atoms with Crippen LogP contribution >= 0.6 is 0 Å². The Hall–Kier alpha value is -4.46. The predicted molar refractivity (Wildman–Crippen MR) is 124 cm³/mol. The van der Waals surface area contributed by atoms with Crippen molar-refractivity contribution in [3.8, 4) is 33.8 Å². The molecule has 5 aromatic heterocycles. The van der Waals surface area contributed by atoms with Gasteiger partial charge in [-0.2, -0.15) is 5.10 Å². The van der Waals surface area contributed by atoms with Crippen LogP contribution in [0.25, 0.3) is 55.8 Å². The van der Waals surface area contributed by atoms with Gasteiger partial charge in [-0.3, -0.25) is 10.1 Å². The van der Waals surface area contributed by atoms with E-state index >= 15 is 0 Å². The lowest BCUT2D eigenvalue weighted by atomic mass is 10.0. The van der Waals surface area contributed by atoms with Gasteiger partial charge in [0.05, 0.1) is 29.6 Å². The van der Waals surface area contributed by atoms with E-state index in [4.69, 9.17) is 15.1 Å². The van der Waals surface area contributed by atoms with E-state index in [2.05, 4.69) is 44.2 Å². The van der Waals surface area contributed by atoms with Gasteiger partial charge in [-0.15, -0.1) is 0 Å². The third-order valence-electron chi connectivity index (χ3n) is 5.63. The summed E-state index contributed by atoms with van der Waals surface area (Å²) < 4.78 is 5.24. The van der Waals surface area contributed by atoms with Crippen LogP contribution in [-0.2, 0) is 6.42 Å². The molecule has 0 saturated carbocycles. The maximum absolute atomic E-state index is 6.12. The number of furan rings is 1. The van der Waals surface area contributed by atoms with Gasteiger partial charge in [-0.1, -0.05) is 13.0 Å². The molecule has 0 aliphatic rings. The number of aromatic amines is 2. The first-order valence-corrected chi connectivity index (χ1v) is 10.3. The Balaban J connectivity index is 1.50. The highest BCUT2D eigenvalue weighted by Crippen LogP contribution is 2.32. The van der Waals surface area contributed by atoms with Crippen molar-refractivity contribution < 1.29 is 4.42 Å². The SMILES string of the molecule is CCc1cc(N)cc(-c2cnc3n[nH]c(-c4nc5c(-c6ccoc6)cncc5[nH]4)c3c2)c1. The molecule has 0 unspecified atom stereocenters. The van der Waals surface area contributed by atoms with Gasteiger partial charge in [-0.05, 0) is 41.8 Å². The zero-order valence-electron chi connectivity index (χ0n) is 17.3. The lowest BCUT2D eigenvalue weighted by Crippen LogP contribution is -1.91. The Morgan fingerprint density at radius 1 is 1.03 bits per heavy atom.